The van der Waals surface area contributed by atoms with E-state index in [9.17, 15) is 19.2 Å². The normalized spacial score (nSPS) is 15.1. The Morgan fingerprint density at radius 2 is 1.71 bits per heavy atom. The lowest BCUT2D eigenvalue weighted by atomic mass is 10.1. The van der Waals surface area contributed by atoms with Gasteiger partial charge in [0.15, 0.2) is 5.69 Å². The molecule has 1 aliphatic heterocycles. The molecular weight excluding hydrogens is 416 g/mol. The fourth-order valence-corrected chi connectivity index (χ4v) is 4.09. The van der Waals surface area contributed by atoms with Gasteiger partial charge in [-0.2, -0.15) is 5.10 Å². The number of fused-ring (bicyclic) bond motifs is 1. The predicted octanol–water partition coefficient (Wildman–Crippen LogP) is 2.40. The Morgan fingerprint density at radius 1 is 1.03 bits per heavy atom. The molecule has 0 spiro atoms. The molecule has 1 fully saturated rings. The smallest absolute Gasteiger partial charge is 0.293 e. The van der Waals surface area contributed by atoms with Crippen LogP contribution < -0.4 is 10.9 Å². The molecule has 3 aromatic rings. The summed E-state index contributed by atoms with van der Waals surface area (Å²) in [6, 6.07) is 16.0. The number of hydrogen-bond acceptors (Lipinski definition) is 6. The van der Waals surface area contributed by atoms with Crippen LogP contribution in [0.4, 0.5) is 4.79 Å². The summed E-state index contributed by atoms with van der Waals surface area (Å²) in [5.41, 5.74) is 0.639. The number of carbonyl (C=O) groups excluding carboxylic acids is 3. The summed E-state index contributed by atoms with van der Waals surface area (Å²) in [6.45, 7) is 0.0978. The van der Waals surface area contributed by atoms with Crippen LogP contribution in [0, 0.1) is 0 Å². The van der Waals surface area contributed by atoms with Gasteiger partial charge in [-0.25, -0.2) is 4.68 Å². The number of aryl methyl sites for hydroxylation is 1. The average Bonchev–Trinajstić information content (AvgIpc) is 3.04. The minimum absolute atomic E-state index is 0.0340. The lowest BCUT2D eigenvalue weighted by molar-refractivity contribution is -0.122. The zero-order chi connectivity index (χ0) is 22.0. The molecule has 1 saturated heterocycles. The van der Waals surface area contributed by atoms with Gasteiger partial charge in [0.2, 0.25) is 0 Å². The first-order chi connectivity index (χ1) is 15.0. The Kier molecular flexibility index (Phi) is 5.68. The van der Waals surface area contributed by atoms with Crippen molar-refractivity contribution in [3.05, 3.63) is 81.1 Å². The van der Waals surface area contributed by atoms with E-state index in [2.05, 4.69) is 10.4 Å². The number of aromatic nitrogens is 2. The van der Waals surface area contributed by atoms with Crippen LogP contribution in [-0.2, 0) is 11.8 Å². The second-order valence-corrected chi connectivity index (χ2v) is 7.82. The van der Waals surface area contributed by atoms with Crippen LogP contribution in [-0.4, -0.2) is 44.8 Å². The summed E-state index contributed by atoms with van der Waals surface area (Å²) in [4.78, 5) is 51.1. The zero-order valence-electron chi connectivity index (χ0n) is 16.6. The van der Waals surface area contributed by atoms with Gasteiger partial charge in [0.05, 0.1) is 10.3 Å². The first kappa shape index (κ1) is 20.5. The summed E-state index contributed by atoms with van der Waals surface area (Å²) in [7, 11) is 1.48. The molecule has 0 saturated carbocycles. The number of nitrogens with one attached hydrogen (secondary N) is 1. The van der Waals surface area contributed by atoms with Crippen molar-refractivity contribution in [3.63, 3.8) is 0 Å². The molecule has 0 unspecified atom stereocenters. The summed E-state index contributed by atoms with van der Waals surface area (Å²) >= 11 is 0.873. The van der Waals surface area contributed by atoms with Crippen molar-refractivity contribution in [2.24, 2.45) is 7.05 Å². The van der Waals surface area contributed by atoms with Crippen molar-refractivity contribution in [1.82, 2.24) is 20.0 Å². The number of imide groups is 1. The van der Waals surface area contributed by atoms with E-state index in [-0.39, 0.29) is 29.6 Å². The molecule has 1 N–H and O–H groups in total. The second-order valence-electron chi connectivity index (χ2n) is 6.82. The maximum Gasteiger partial charge on any atom is 0.293 e. The first-order valence-corrected chi connectivity index (χ1v) is 10.3. The topological polar surface area (TPSA) is 101 Å². The summed E-state index contributed by atoms with van der Waals surface area (Å²) in [5, 5.41) is 7.20. The van der Waals surface area contributed by atoms with Crippen LogP contribution in [0.2, 0.25) is 0 Å². The molecule has 3 amide bonds. The number of hydrogen-bond donors (Lipinski definition) is 1. The van der Waals surface area contributed by atoms with Crippen molar-refractivity contribution in [2.75, 3.05) is 13.1 Å². The number of benzene rings is 2. The van der Waals surface area contributed by atoms with Gasteiger partial charge in [0, 0.05) is 25.5 Å². The number of thioether (sulfide) groups is 1. The lowest BCUT2D eigenvalue weighted by Crippen LogP contribution is -2.38. The van der Waals surface area contributed by atoms with Gasteiger partial charge in [0.25, 0.3) is 22.6 Å². The average molecular weight is 434 g/mol. The fourth-order valence-electron chi connectivity index (χ4n) is 3.23. The molecule has 1 aliphatic rings. The zero-order valence-corrected chi connectivity index (χ0v) is 17.4. The Bertz CT molecular complexity index is 1280. The molecular formula is C22H18N4O4S. The molecule has 1 aromatic heterocycles. The molecule has 0 radical (unpaired) electrons. The molecule has 9 heteroatoms. The van der Waals surface area contributed by atoms with Crippen molar-refractivity contribution < 1.29 is 14.4 Å². The molecule has 2 aromatic carbocycles. The van der Waals surface area contributed by atoms with Crippen LogP contribution in [0.15, 0.2) is 64.3 Å². The Balaban J connectivity index is 1.45. The van der Waals surface area contributed by atoms with E-state index in [4.69, 9.17) is 0 Å². The van der Waals surface area contributed by atoms with Gasteiger partial charge in [0.1, 0.15) is 0 Å². The third-order valence-electron chi connectivity index (χ3n) is 4.76. The Morgan fingerprint density at radius 3 is 2.45 bits per heavy atom. The van der Waals surface area contributed by atoms with Crippen molar-refractivity contribution in [3.8, 4) is 0 Å². The predicted molar refractivity (Wildman–Crippen MR) is 118 cm³/mol. The van der Waals surface area contributed by atoms with Gasteiger partial charge < -0.3 is 5.32 Å². The highest BCUT2D eigenvalue weighted by molar-refractivity contribution is 8.18. The highest BCUT2D eigenvalue weighted by Gasteiger charge is 2.34. The number of rotatable bonds is 5. The third kappa shape index (κ3) is 4.13. The van der Waals surface area contributed by atoms with E-state index in [1.807, 2.05) is 30.3 Å². The summed E-state index contributed by atoms with van der Waals surface area (Å²) in [6.07, 6.45) is 1.67. The van der Waals surface area contributed by atoms with Gasteiger partial charge in [-0.15, -0.1) is 0 Å². The van der Waals surface area contributed by atoms with E-state index in [0.29, 0.717) is 15.7 Å². The minimum Gasteiger partial charge on any atom is -0.349 e. The SMILES string of the molecule is Cn1nc(C(=O)NCCN2C(=O)SC(=Cc3ccccc3)C2=O)c2ccccc2c1=O. The molecule has 0 bridgehead atoms. The highest BCUT2D eigenvalue weighted by atomic mass is 32.2. The van der Waals surface area contributed by atoms with E-state index in [1.165, 1.54) is 7.05 Å². The third-order valence-corrected chi connectivity index (χ3v) is 5.67. The maximum absolute atomic E-state index is 12.7. The standard InChI is InChI=1S/C22H18N4O4S/c1-25-20(28)16-10-6-5-9-15(16)18(24-25)19(27)23-11-12-26-21(29)17(31-22(26)30)13-14-7-3-2-4-8-14/h2-10,13H,11-12H2,1H3,(H,23,27). The summed E-state index contributed by atoms with van der Waals surface area (Å²) < 4.78 is 1.11. The van der Waals surface area contributed by atoms with Gasteiger partial charge >= 0.3 is 0 Å². The molecule has 0 atom stereocenters. The van der Waals surface area contributed by atoms with Crippen molar-refractivity contribution in [2.45, 2.75) is 0 Å². The first-order valence-electron chi connectivity index (χ1n) is 9.50. The monoisotopic (exact) mass is 434 g/mol. The lowest BCUT2D eigenvalue weighted by Gasteiger charge is -2.13. The van der Waals surface area contributed by atoms with E-state index in [0.717, 1.165) is 26.9 Å². The van der Waals surface area contributed by atoms with Crippen LogP contribution >= 0.6 is 11.8 Å². The largest absolute Gasteiger partial charge is 0.349 e. The van der Waals surface area contributed by atoms with Crippen LogP contribution in [0.5, 0.6) is 0 Å². The molecule has 0 aliphatic carbocycles. The number of carbonyl (C=O) groups is 3. The second kappa shape index (κ2) is 8.57. The Hall–Kier alpha value is -3.72. The quantitative estimate of drug-likeness (QED) is 0.619. The van der Waals surface area contributed by atoms with Gasteiger partial charge in [-0.3, -0.25) is 24.1 Å². The van der Waals surface area contributed by atoms with Gasteiger partial charge in [-0.05, 0) is 29.5 Å². The number of nitrogens with zero attached hydrogens (tertiary/aromatic N) is 3. The van der Waals surface area contributed by atoms with Crippen LogP contribution in [0.3, 0.4) is 0 Å². The molecule has 4 rings (SSSR count). The van der Waals surface area contributed by atoms with Crippen molar-refractivity contribution >= 4 is 45.7 Å². The van der Waals surface area contributed by atoms with Crippen LogP contribution in [0.25, 0.3) is 16.8 Å². The molecule has 2 heterocycles. The Labute approximate surface area is 181 Å². The summed E-state index contributed by atoms with van der Waals surface area (Å²) in [5.74, 6) is -0.877. The van der Waals surface area contributed by atoms with E-state index < -0.39 is 11.8 Å². The minimum atomic E-state index is -0.487. The maximum atomic E-state index is 12.7. The van der Waals surface area contributed by atoms with Gasteiger partial charge in [-0.1, -0.05) is 48.5 Å². The molecule has 31 heavy (non-hydrogen) atoms. The molecule has 8 nitrogen and oxygen atoms in total. The van der Waals surface area contributed by atoms with E-state index in [1.54, 1.807) is 30.3 Å². The number of amides is 3. The molecule has 156 valence electrons. The fraction of sp³-hybridized carbons (Fsp3) is 0.136. The highest BCUT2D eigenvalue weighted by Crippen LogP contribution is 2.31. The van der Waals surface area contributed by atoms with Crippen molar-refractivity contribution in [1.29, 1.82) is 0 Å². The van der Waals surface area contributed by atoms with Crippen LogP contribution in [0.1, 0.15) is 16.1 Å². The van der Waals surface area contributed by atoms with E-state index >= 15 is 0 Å².